The second-order valence-electron chi connectivity index (χ2n) is 11.3. The molecule has 0 aromatic heterocycles. The maximum atomic E-state index is 13.8. The summed E-state index contributed by atoms with van der Waals surface area (Å²) in [6.07, 6.45) is 12.4. The van der Waals surface area contributed by atoms with Crippen LogP contribution in [-0.2, 0) is 4.79 Å². The smallest absolute Gasteiger partial charge is 0.162 e. The number of fused-ring (bicyclic) bond motifs is 5. The van der Waals surface area contributed by atoms with Crippen LogP contribution in [0.3, 0.4) is 0 Å². The number of ketones is 1. The van der Waals surface area contributed by atoms with Gasteiger partial charge >= 0.3 is 0 Å². The average Bonchev–Trinajstić information content (AvgIpc) is 3.01. The van der Waals surface area contributed by atoms with Gasteiger partial charge in [-0.25, -0.2) is 0 Å². The zero-order valence-electron chi connectivity index (χ0n) is 18.8. The van der Waals surface area contributed by atoms with Crippen LogP contribution in [0, 0.1) is 46.3 Å². The third-order valence-corrected chi connectivity index (χ3v) is 10.2. The highest BCUT2D eigenvalue weighted by molar-refractivity contribution is 5.99. The summed E-state index contributed by atoms with van der Waals surface area (Å²) >= 11 is 0. The molecule has 0 amide bonds. The Morgan fingerprint density at radius 3 is 2.46 bits per heavy atom. The Bertz CT molecular complexity index is 651. The predicted octanol–water partition coefficient (Wildman–Crippen LogP) is 6.18. The van der Waals surface area contributed by atoms with E-state index in [2.05, 4.69) is 40.7 Å². The first-order valence-corrected chi connectivity index (χ1v) is 12.2. The maximum Gasteiger partial charge on any atom is 0.162 e. The van der Waals surface area contributed by atoms with Gasteiger partial charge in [0.1, 0.15) is 0 Å². The Hall–Kier alpha value is -0.630. The normalized spacial score (nSPS) is 50.8. The van der Waals surface area contributed by atoms with E-state index in [0.717, 1.165) is 36.7 Å². The van der Waals surface area contributed by atoms with Gasteiger partial charge in [-0.2, -0.15) is 0 Å². The van der Waals surface area contributed by atoms with E-state index in [1.807, 2.05) is 0 Å². The van der Waals surface area contributed by atoms with Crippen LogP contribution >= 0.6 is 0 Å². The van der Waals surface area contributed by atoms with E-state index in [4.69, 9.17) is 0 Å². The number of aliphatic hydroxyl groups is 1. The van der Waals surface area contributed by atoms with Crippen molar-refractivity contribution in [1.82, 2.24) is 0 Å². The molecule has 4 fully saturated rings. The predicted molar refractivity (Wildman–Crippen MR) is 115 cm³/mol. The average molecular weight is 387 g/mol. The first kappa shape index (κ1) is 20.6. The lowest BCUT2D eigenvalue weighted by Crippen LogP contribution is -2.58. The minimum absolute atomic E-state index is 0.202. The van der Waals surface area contributed by atoms with E-state index in [9.17, 15) is 9.90 Å². The van der Waals surface area contributed by atoms with Crippen LogP contribution in [0.4, 0.5) is 0 Å². The summed E-state index contributed by atoms with van der Waals surface area (Å²) in [7, 11) is 0. The lowest BCUT2D eigenvalue weighted by molar-refractivity contribution is -0.150. The third-order valence-electron chi connectivity index (χ3n) is 10.2. The summed E-state index contributed by atoms with van der Waals surface area (Å²) in [6.45, 7) is 11.8. The van der Waals surface area contributed by atoms with Crippen LogP contribution in [-0.4, -0.2) is 17.0 Å². The zero-order chi connectivity index (χ0) is 20.3. The Kier molecular flexibility index (Phi) is 5.35. The quantitative estimate of drug-likeness (QED) is 0.588. The molecule has 9 atom stereocenters. The molecule has 158 valence electrons. The Morgan fingerprint density at radius 1 is 1.11 bits per heavy atom. The highest BCUT2D eigenvalue weighted by Crippen LogP contribution is 2.68. The molecule has 0 heterocycles. The van der Waals surface area contributed by atoms with Crippen molar-refractivity contribution in [3.05, 3.63) is 11.6 Å². The molecule has 0 saturated heterocycles. The molecule has 4 aliphatic rings. The van der Waals surface area contributed by atoms with Gasteiger partial charge in [0, 0.05) is 5.92 Å². The van der Waals surface area contributed by atoms with E-state index in [-0.39, 0.29) is 23.4 Å². The zero-order valence-corrected chi connectivity index (χ0v) is 18.8. The van der Waals surface area contributed by atoms with Gasteiger partial charge in [-0.15, -0.1) is 0 Å². The molecule has 0 bridgehead atoms. The number of carbonyl (C=O) groups excluding carboxylic acids is 1. The van der Waals surface area contributed by atoms with Gasteiger partial charge in [-0.1, -0.05) is 46.6 Å². The first-order valence-electron chi connectivity index (χ1n) is 12.2. The van der Waals surface area contributed by atoms with Gasteiger partial charge < -0.3 is 5.11 Å². The second-order valence-corrected chi connectivity index (χ2v) is 11.3. The molecule has 3 unspecified atom stereocenters. The Morgan fingerprint density at radius 2 is 1.79 bits per heavy atom. The van der Waals surface area contributed by atoms with Crippen LogP contribution in [0.15, 0.2) is 11.6 Å². The molecule has 0 aliphatic heterocycles. The molecule has 4 aliphatic carbocycles. The number of rotatable bonds is 3. The minimum atomic E-state index is -0.225. The number of allylic oxidation sites excluding steroid dienone is 2. The van der Waals surface area contributed by atoms with Gasteiger partial charge in [-0.05, 0) is 97.9 Å². The number of carbonyl (C=O) groups is 1. The van der Waals surface area contributed by atoms with Crippen LogP contribution in [0.5, 0.6) is 0 Å². The molecular formula is C26H42O2. The van der Waals surface area contributed by atoms with Crippen LogP contribution in [0.2, 0.25) is 0 Å². The number of hydrogen-bond acceptors (Lipinski definition) is 2. The fourth-order valence-electron chi connectivity index (χ4n) is 8.82. The van der Waals surface area contributed by atoms with Gasteiger partial charge in [0.2, 0.25) is 0 Å². The molecule has 4 saturated carbocycles. The molecule has 0 aromatic carbocycles. The van der Waals surface area contributed by atoms with E-state index in [1.165, 1.54) is 38.5 Å². The SMILES string of the molecule is CC=C1C(=O)C2C3CC[C@H]([C@H](C)CCC)[C@@]3(C)CCC2[C@@]2(C)CC[C@@H](O)C[C@@H]12. The Balaban J connectivity index is 1.70. The van der Waals surface area contributed by atoms with E-state index >= 15 is 0 Å². The highest BCUT2D eigenvalue weighted by atomic mass is 16.3. The number of hydrogen-bond donors (Lipinski definition) is 1. The summed E-state index contributed by atoms with van der Waals surface area (Å²) in [5.74, 6) is 3.64. The molecule has 0 radical (unpaired) electrons. The van der Waals surface area contributed by atoms with Crippen molar-refractivity contribution in [2.24, 2.45) is 46.3 Å². The molecule has 2 nitrogen and oxygen atoms in total. The van der Waals surface area contributed by atoms with Crippen molar-refractivity contribution in [3.8, 4) is 0 Å². The van der Waals surface area contributed by atoms with Crippen LogP contribution in [0.1, 0.15) is 92.4 Å². The molecule has 0 spiro atoms. The van der Waals surface area contributed by atoms with E-state index in [1.54, 1.807) is 0 Å². The largest absolute Gasteiger partial charge is 0.393 e. The van der Waals surface area contributed by atoms with Crippen LogP contribution in [0.25, 0.3) is 0 Å². The molecular weight excluding hydrogens is 344 g/mol. The third kappa shape index (κ3) is 2.80. The van der Waals surface area contributed by atoms with E-state index < -0.39 is 0 Å². The van der Waals surface area contributed by atoms with E-state index in [0.29, 0.717) is 23.0 Å². The molecule has 1 N–H and O–H groups in total. The van der Waals surface area contributed by atoms with Crippen molar-refractivity contribution >= 4 is 5.78 Å². The molecule has 28 heavy (non-hydrogen) atoms. The summed E-state index contributed by atoms with van der Waals surface area (Å²) in [4.78, 5) is 13.8. The van der Waals surface area contributed by atoms with Crippen molar-refractivity contribution in [2.75, 3.05) is 0 Å². The lowest BCUT2D eigenvalue weighted by atomic mass is 9.43. The number of Topliss-reactive ketones (excluding diaryl/α,β-unsaturated/α-hetero) is 1. The summed E-state index contributed by atoms with van der Waals surface area (Å²) in [5.41, 5.74) is 1.62. The second kappa shape index (κ2) is 7.25. The van der Waals surface area contributed by atoms with Crippen molar-refractivity contribution < 1.29 is 9.90 Å². The molecule has 4 rings (SSSR count). The van der Waals surface area contributed by atoms with Gasteiger partial charge in [0.15, 0.2) is 5.78 Å². The summed E-state index contributed by atoms with van der Waals surface area (Å²) in [5, 5.41) is 10.4. The van der Waals surface area contributed by atoms with Gasteiger partial charge in [0.25, 0.3) is 0 Å². The fourth-order valence-corrected chi connectivity index (χ4v) is 8.82. The maximum absolute atomic E-state index is 13.8. The summed E-state index contributed by atoms with van der Waals surface area (Å²) < 4.78 is 0. The van der Waals surface area contributed by atoms with Crippen LogP contribution < -0.4 is 0 Å². The molecule has 2 heteroatoms. The monoisotopic (exact) mass is 386 g/mol. The summed E-state index contributed by atoms with van der Waals surface area (Å²) in [6, 6.07) is 0. The molecule has 0 aromatic rings. The first-order chi connectivity index (χ1) is 13.3. The van der Waals surface area contributed by atoms with Crippen molar-refractivity contribution in [1.29, 1.82) is 0 Å². The minimum Gasteiger partial charge on any atom is -0.393 e. The fraction of sp³-hybridized carbons (Fsp3) is 0.885. The Labute approximate surface area is 172 Å². The standard InChI is InChI=1S/C26H42O2/c1-6-8-16(3)19-9-10-20-23-21(12-14-25(19,20)4)26(5)13-11-17(27)15-22(26)18(7-2)24(23)28/h7,16-17,19-23,27H,6,8-15H2,1-5H3/t16-,17-,19-,20?,21?,22+,23?,25-,26-/m1/s1. The lowest BCUT2D eigenvalue weighted by Gasteiger charge is -2.61. The highest BCUT2D eigenvalue weighted by Gasteiger charge is 2.64. The topological polar surface area (TPSA) is 37.3 Å². The number of aliphatic hydroxyl groups excluding tert-OH is 1. The van der Waals surface area contributed by atoms with Gasteiger partial charge in [0.05, 0.1) is 6.10 Å². The van der Waals surface area contributed by atoms with Crippen molar-refractivity contribution in [2.45, 2.75) is 98.5 Å². The van der Waals surface area contributed by atoms with Crippen molar-refractivity contribution in [3.63, 3.8) is 0 Å². The van der Waals surface area contributed by atoms with Gasteiger partial charge in [-0.3, -0.25) is 4.79 Å².